The van der Waals surface area contributed by atoms with E-state index in [1.165, 1.54) is 4.90 Å². The van der Waals surface area contributed by atoms with Gasteiger partial charge in [-0.3, -0.25) is 13.9 Å². The summed E-state index contributed by atoms with van der Waals surface area (Å²) in [6, 6.07) is 25.0. The summed E-state index contributed by atoms with van der Waals surface area (Å²) in [5.41, 5.74) is 2.14. The van der Waals surface area contributed by atoms with E-state index in [0.29, 0.717) is 18.7 Å². The number of hydrogen-bond acceptors (Lipinski definition) is 4. The third kappa shape index (κ3) is 8.83. The minimum Gasteiger partial charge on any atom is -0.354 e. The fourth-order valence-corrected chi connectivity index (χ4v) is 5.19. The Morgan fingerprint density at radius 2 is 1.42 bits per heavy atom. The summed E-state index contributed by atoms with van der Waals surface area (Å²) in [6.45, 7) is 4.22. The van der Waals surface area contributed by atoms with E-state index >= 15 is 0 Å². The minimum atomic E-state index is -3.78. The zero-order valence-electron chi connectivity index (χ0n) is 21.9. The van der Waals surface area contributed by atoms with Crippen LogP contribution in [0.3, 0.4) is 0 Å². The molecule has 0 bridgehead atoms. The van der Waals surface area contributed by atoms with Crippen LogP contribution in [0.25, 0.3) is 0 Å². The highest BCUT2D eigenvalue weighted by molar-refractivity contribution is 14.1. The molecule has 1 atom stereocenters. The zero-order valence-corrected chi connectivity index (χ0v) is 24.9. The summed E-state index contributed by atoms with van der Waals surface area (Å²) in [6.07, 6.45) is 1.38. The van der Waals surface area contributed by atoms with Gasteiger partial charge in [-0.05, 0) is 63.9 Å². The molecular formula is C29H34IN3O4S. The predicted octanol–water partition coefficient (Wildman–Crippen LogP) is 4.47. The van der Waals surface area contributed by atoms with Gasteiger partial charge in [-0.25, -0.2) is 8.42 Å². The number of anilines is 1. The van der Waals surface area contributed by atoms with Crippen LogP contribution in [0.2, 0.25) is 0 Å². The van der Waals surface area contributed by atoms with E-state index in [1.54, 1.807) is 24.3 Å². The number of halogens is 1. The van der Waals surface area contributed by atoms with Crippen molar-refractivity contribution in [2.24, 2.45) is 5.92 Å². The molecule has 7 nitrogen and oxygen atoms in total. The molecule has 3 aromatic carbocycles. The van der Waals surface area contributed by atoms with Crippen molar-refractivity contribution in [2.45, 2.75) is 32.9 Å². The molecule has 0 radical (unpaired) electrons. The summed E-state index contributed by atoms with van der Waals surface area (Å²) in [5.74, 6) is -0.498. The SMILES string of the molecule is CC(C)CNC(=O)C(Cc1ccccc1)N(Cc1ccccc1)C(=O)CN(c1ccc(I)cc1)S(C)(=O)=O. The van der Waals surface area contributed by atoms with Crippen LogP contribution < -0.4 is 9.62 Å². The first kappa shape index (κ1) is 29.6. The van der Waals surface area contributed by atoms with Crippen molar-refractivity contribution in [3.05, 3.63) is 99.6 Å². The van der Waals surface area contributed by atoms with E-state index in [0.717, 1.165) is 25.3 Å². The Kier molecular flexibility index (Phi) is 10.7. The molecule has 0 saturated heterocycles. The normalized spacial score (nSPS) is 12.1. The molecule has 0 aromatic heterocycles. The van der Waals surface area contributed by atoms with Gasteiger partial charge < -0.3 is 10.2 Å². The molecule has 0 saturated carbocycles. The first-order chi connectivity index (χ1) is 18.0. The second-order valence-electron chi connectivity index (χ2n) is 9.60. The lowest BCUT2D eigenvalue weighted by Crippen LogP contribution is -2.53. The molecule has 9 heteroatoms. The van der Waals surface area contributed by atoms with Gasteiger partial charge in [0.15, 0.2) is 0 Å². The number of benzene rings is 3. The van der Waals surface area contributed by atoms with E-state index < -0.39 is 28.5 Å². The Balaban J connectivity index is 2.01. The van der Waals surface area contributed by atoms with Crippen LogP contribution in [0, 0.1) is 9.49 Å². The number of carbonyl (C=O) groups excluding carboxylic acids is 2. The highest BCUT2D eigenvalue weighted by atomic mass is 127. The van der Waals surface area contributed by atoms with Crippen molar-refractivity contribution in [3.63, 3.8) is 0 Å². The lowest BCUT2D eigenvalue weighted by Gasteiger charge is -2.33. The molecule has 0 aliphatic carbocycles. The number of sulfonamides is 1. The van der Waals surface area contributed by atoms with Crippen LogP contribution >= 0.6 is 22.6 Å². The average molecular weight is 648 g/mol. The lowest BCUT2D eigenvalue weighted by atomic mass is 10.0. The molecule has 1 N–H and O–H groups in total. The Hall–Kier alpha value is -2.92. The number of rotatable bonds is 12. The van der Waals surface area contributed by atoms with Crippen LogP contribution in [0.15, 0.2) is 84.9 Å². The van der Waals surface area contributed by atoms with Gasteiger partial charge in [0.2, 0.25) is 21.8 Å². The van der Waals surface area contributed by atoms with Crippen LogP contribution in [-0.2, 0) is 32.6 Å². The maximum Gasteiger partial charge on any atom is 0.244 e. The average Bonchev–Trinajstić information content (AvgIpc) is 2.89. The summed E-state index contributed by atoms with van der Waals surface area (Å²) in [4.78, 5) is 29.0. The Labute approximate surface area is 239 Å². The van der Waals surface area contributed by atoms with Crippen molar-refractivity contribution in [2.75, 3.05) is 23.7 Å². The van der Waals surface area contributed by atoms with Crippen molar-refractivity contribution in [1.29, 1.82) is 0 Å². The van der Waals surface area contributed by atoms with E-state index in [9.17, 15) is 18.0 Å². The summed E-state index contributed by atoms with van der Waals surface area (Å²) in [5, 5.41) is 2.98. The van der Waals surface area contributed by atoms with Crippen molar-refractivity contribution in [1.82, 2.24) is 10.2 Å². The number of nitrogens with zero attached hydrogens (tertiary/aromatic N) is 2. The van der Waals surface area contributed by atoms with Gasteiger partial charge in [0.1, 0.15) is 12.6 Å². The van der Waals surface area contributed by atoms with Gasteiger partial charge in [-0.15, -0.1) is 0 Å². The quantitative estimate of drug-likeness (QED) is 0.294. The van der Waals surface area contributed by atoms with Gasteiger partial charge in [0.25, 0.3) is 0 Å². The maximum atomic E-state index is 14.0. The van der Waals surface area contributed by atoms with Crippen molar-refractivity contribution < 1.29 is 18.0 Å². The number of carbonyl (C=O) groups is 2. The fourth-order valence-electron chi connectivity index (χ4n) is 3.98. The molecule has 38 heavy (non-hydrogen) atoms. The Bertz CT molecular complexity index is 1300. The number of hydrogen-bond donors (Lipinski definition) is 1. The molecule has 0 spiro atoms. The van der Waals surface area contributed by atoms with Crippen LogP contribution in [0.5, 0.6) is 0 Å². The van der Waals surface area contributed by atoms with Gasteiger partial charge in [0.05, 0.1) is 11.9 Å². The highest BCUT2D eigenvalue weighted by Crippen LogP contribution is 2.21. The van der Waals surface area contributed by atoms with Gasteiger partial charge in [-0.2, -0.15) is 0 Å². The molecule has 2 amide bonds. The van der Waals surface area contributed by atoms with E-state index in [1.807, 2.05) is 74.5 Å². The summed E-state index contributed by atoms with van der Waals surface area (Å²) in [7, 11) is -3.78. The van der Waals surface area contributed by atoms with Crippen molar-refractivity contribution >= 4 is 50.1 Å². The topological polar surface area (TPSA) is 86.8 Å². The lowest BCUT2D eigenvalue weighted by molar-refractivity contribution is -0.140. The van der Waals surface area contributed by atoms with Crippen LogP contribution in [0.1, 0.15) is 25.0 Å². The van der Waals surface area contributed by atoms with E-state index in [4.69, 9.17) is 0 Å². The number of amides is 2. The van der Waals surface area contributed by atoms with Crippen molar-refractivity contribution in [3.8, 4) is 0 Å². The first-order valence-corrected chi connectivity index (χ1v) is 15.4. The molecule has 0 heterocycles. The largest absolute Gasteiger partial charge is 0.354 e. The van der Waals surface area contributed by atoms with E-state index in [-0.39, 0.29) is 18.4 Å². The molecule has 0 fully saturated rings. The minimum absolute atomic E-state index is 0.163. The van der Waals surface area contributed by atoms with Gasteiger partial charge in [0, 0.05) is 23.1 Å². The summed E-state index contributed by atoms with van der Waals surface area (Å²) >= 11 is 2.14. The molecule has 0 aliphatic rings. The van der Waals surface area contributed by atoms with E-state index in [2.05, 4.69) is 27.9 Å². The molecular weight excluding hydrogens is 613 g/mol. The third-order valence-electron chi connectivity index (χ3n) is 5.95. The molecule has 202 valence electrons. The highest BCUT2D eigenvalue weighted by Gasteiger charge is 2.33. The molecule has 1 unspecified atom stereocenters. The third-order valence-corrected chi connectivity index (χ3v) is 7.80. The van der Waals surface area contributed by atoms with Gasteiger partial charge in [-0.1, -0.05) is 74.5 Å². The molecule has 0 aliphatic heterocycles. The first-order valence-electron chi connectivity index (χ1n) is 12.4. The predicted molar refractivity (Wildman–Crippen MR) is 160 cm³/mol. The van der Waals surface area contributed by atoms with Crippen LogP contribution in [0.4, 0.5) is 5.69 Å². The van der Waals surface area contributed by atoms with Crippen LogP contribution in [-0.4, -0.2) is 50.5 Å². The zero-order chi connectivity index (χ0) is 27.7. The maximum absolute atomic E-state index is 14.0. The van der Waals surface area contributed by atoms with Gasteiger partial charge >= 0.3 is 0 Å². The number of nitrogens with one attached hydrogen (secondary N) is 1. The second-order valence-corrected chi connectivity index (χ2v) is 12.8. The summed E-state index contributed by atoms with van der Waals surface area (Å²) < 4.78 is 27.6. The second kappa shape index (κ2) is 13.7. The monoisotopic (exact) mass is 647 g/mol. The fraction of sp³-hybridized carbons (Fsp3) is 0.310. The Morgan fingerprint density at radius 1 is 0.868 bits per heavy atom. The molecule has 3 rings (SSSR count). The standard InChI is InChI=1S/C29H34IN3O4S/c1-22(2)19-31-29(35)27(18-23-10-6-4-7-11-23)32(20-24-12-8-5-9-13-24)28(34)21-33(38(3,36)37)26-16-14-25(30)15-17-26/h4-17,22,27H,18-21H2,1-3H3,(H,31,35). The Morgan fingerprint density at radius 3 is 1.95 bits per heavy atom. The molecule has 3 aromatic rings. The smallest absolute Gasteiger partial charge is 0.244 e.